The average Bonchev–Trinajstić information content (AvgIpc) is 2.99. The van der Waals surface area contributed by atoms with E-state index in [-0.39, 0.29) is 12.0 Å². The second-order valence-corrected chi connectivity index (χ2v) is 3.99. The van der Waals surface area contributed by atoms with Gasteiger partial charge in [-0.05, 0) is 31.5 Å². The summed E-state index contributed by atoms with van der Waals surface area (Å²) in [6, 6.07) is 6.00. The molecule has 3 N–H and O–H groups in total. The molecule has 0 aliphatic heterocycles. The molecule has 3 nitrogen and oxygen atoms in total. The van der Waals surface area contributed by atoms with Gasteiger partial charge >= 0.3 is 0 Å². The van der Waals surface area contributed by atoms with Gasteiger partial charge in [-0.2, -0.15) is 0 Å². The van der Waals surface area contributed by atoms with Crippen LogP contribution in [0.5, 0.6) is 0 Å². The molecule has 1 heterocycles. The summed E-state index contributed by atoms with van der Waals surface area (Å²) in [4.78, 5) is 4.53. The highest BCUT2D eigenvalue weighted by atomic mass is 16.3. The second kappa shape index (κ2) is 3.67. The number of aliphatic hydroxyl groups is 1. The predicted molar refractivity (Wildman–Crippen MR) is 55.0 cm³/mol. The summed E-state index contributed by atoms with van der Waals surface area (Å²) in [5.41, 5.74) is 7.52. The van der Waals surface area contributed by atoms with Crippen LogP contribution in [0.3, 0.4) is 0 Å². The molecule has 2 rings (SSSR count). The Morgan fingerprint density at radius 2 is 2.21 bits per heavy atom. The van der Waals surface area contributed by atoms with Gasteiger partial charge in [-0.1, -0.05) is 6.07 Å². The molecule has 0 unspecified atom stereocenters. The van der Waals surface area contributed by atoms with E-state index in [2.05, 4.69) is 4.98 Å². The maximum absolute atomic E-state index is 9.27. The van der Waals surface area contributed by atoms with Crippen molar-refractivity contribution >= 4 is 0 Å². The van der Waals surface area contributed by atoms with E-state index in [1.165, 1.54) is 0 Å². The second-order valence-electron chi connectivity index (χ2n) is 3.99. The summed E-state index contributed by atoms with van der Waals surface area (Å²) in [6.07, 6.45) is 2.93. The lowest BCUT2D eigenvalue weighted by Crippen LogP contribution is -2.15. The van der Waals surface area contributed by atoms with E-state index < -0.39 is 0 Å². The normalized spacial score (nSPS) is 18.1. The lowest BCUT2D eigenvalue weighted by Gasteiger charge is -2.11. The zero-order chi connectivity index (χ0) is 10.0. The van der Waals surface area contributed by atoms with Crippen LogP contribution in [-0.4, -0.2) is 23.2 Å². The van der Waals surface area contributed by atoms with Crippen molar-refractivity contribution in [3.05, 3.63) is 29.6 Å². The van der Waals surface area contributed by atoms with Crippen LogP contribution in [-0.2, 0) is 11.8 Å². The van der Waals surface area contributed by atoms with Crippen molar-refractivity contribution in [1.29, 1.82) is 0 Å². The van der Waals surface area contributed by atoms with E-state index in [0.717, 1.165) is 30.7 Å². The minimum atomic E-state index is -0.0232. The molecular weight excluding hydrogens is 176 g/mol. The Bertz CT molecular complexity index is 321. The van der Waals surface area contributed by atoms with Crippen LogP contribution in [0.25, 0.3) is 0 Å². The first-order valence-corrected chi connectivity index (χ1v) is 5.08. The van der Waals surface area contributed by atoms with Crippen molar-refractivity contribution in [3.8, 4) is 0 Å². The van der Waals surface area contributed by atoms with Crippen LogP contribution in [0, 0.1) is 0 Å². The van der Waals surface area contributed by atoms with E-state index in [4.69, 9.17) is 5.73 Å². The minimum absolute atomic E-state index is 0.0232. The first-order valence-electron chi connectivity index (χ1n) is 5.08. The highest BCUT2D eigenvalue weighted by molar-refractivity contribution is 5.26. The van der Waals surface area contributed by atoms with Gasteiger partial charge in [0.25, 0.3) is 0 Å². The van der Waals surface area contributed by atoms with E-state index >= 15 is 0 Å². The number of pyridine rings is 1. The summed E-state index contributed by atoms with van der Waals surface area (Å²) in [6.45, 7) is 0.842. The number of hydrogen-bond donors (Lipinski definition) is 2. The van der Waals surface area contributed by atoms with E-state index in [1.54, 1.807) is 0 Å². The molecule has 0 spiro atoms. The van der Waals surface area contributed by atoms with Crippen LogP contribution in [0.2, 0.25) is 0 Å². The highest BCUT2D eigenvalue weighted by Crippen LogP contribution is 2.46. The molecule has 0 saturated heterocycles. The highest BCUT2D eigenvalue weighted by Gasteiger charge is 2.44. The smallest absolute Gasteiger partial charge is 0.0543 e. The number of hydrogen-bond acceptors (Lipinski definition) is 3. The monoisotopic (exact) mass is 192 g/mol. The third-order valence-electron chi connectivity index (χ3n) is 2.91. The fraction of sp³-hybridized carbons (Fsp3) is 0.545. The molecule has 0 radical (unpaired) electrons. The van der Waals surface area contributed by atoms with Crippen LogP contribution in [0.1, 0.15) is 24.2 Å². The Labute approximate surface area is 84.0 Å². The number of nitrogens with two attached hydrogens (primary N) is 1. The molecule has 1 fully saturated rings. The van der Waals surface area contributed by atoms with Gasteiger partial charge in [-0.3, -0.25) is 4.98 Å². The molecule has 1 aromatic heterocycles. The van der Waals surface area contributed by atoms with E-state index in [9.17, 15) is 5.11 Å². The van der Waals surface area contributed by atoms with Gasteiger partial charge in [-0.15, -0.1) is 0 Å². The summed E-state index contributed by atoms with van der Waals surface area (Å²) >= 11 is 0. The van der Waals surface area contributed by atoms with Crippen molar-refractivity contribution < 1.29 is 5.11 Å². The van der Waals surface area contributed by atoms with Gasteiger partial charge in [0.05, 0.1) is 6.61 Å². The number of rotatable bonds is 4. The fourth-order valence-electron chi connectivity index (χ4n) is 1.71. The quantitative estimate of drug-likeness (QED) is 0.734. The van der Waals surface area contributed by atoms with Gasteiger partial charge in [-0.25, -0.2) is 0 Å². The van der Waals surface area contributed by atoms with Crippen LogP contribution >= 0.6 is 0 Å². The SMILES string of the molecule is NCCc1cccc(C2(CO)CC2)n1. The first-order chi connectivity index (χ1) is 6.80. The van der Waals surface area contributed by atoms with Gasteiger partial charge < -0.3 is 10.8 Å². The number of nitrogens with zero attached hydrogens (tertiary/aromatic N) is 1. The zero-order valence-corrected chi connectivity index (χ0v) is 8.24. The van der Waals surface area contributed by atoms with Crippen LogP contribution in [0.15, 0.2) is 18.2 Å². The van der Waals surface area contributed by atoms with Crippen molar-refractivity contribution in [2.75, 3.05) is 13.2 Å². The van der Waals surface area contributed by atoms with Gasteiger partial charge in [0.1, 0.15) is 0 Å². The largest absolute Gasteiger partial charge is 0.395 e. The fourth-order valence-corrected chi connectivity index (χ4v) is 1.71. The summed E-state index contributed by atoms with van der Waals surface area (Å²) in [5.74, 6) is 0. The molecule has 0 aromatic carbocycles. The summed E-state index contributed by atoms with van der Waals surface area (Å²) in [7, 11) is 0. The van der Waals surface area contributed by atoms with Crippen molar-refractivity contribution in [2.24, 2.45) is 5.73 Å². The maximum Gasteiger partial charge on any atom is 0.0543 e. The summed E-state index contributed by atoms with van der Waals surface area (Å²) < 4.78 is 0. The first kappa shape index (κ1) is 9.62. The molecule has 76 valence electrons. The molecule has 3 heteroatoms. The standard InChI is InChI=1S/C11H16N2O/c12-7-4-9-2-1-3-10(13-9)11(8-14)5-6-11/h1-3,14H,4-8,12H2. The van der Waals surface area contributed by atoms with Gasteiger partial charge in [0, 0.05) is 23.2 Å². The Kier molecular flexibility index (Phi) is 2.52. The minimum Gasteiger partial charge on any atom is -0.395 e. The maximum atomic E-state index is 9.27. The van der Waals surface area contributed by atoms with E-state index in [1.807, 2.05) is 18.2 Å². The molecule has 0 amide bonds. The zero-order valence-electron chi connectivity index (χ0n) is 8.24. The third kappa shape index (κ3) is 1.65. The van der Waals surface area contributed by atoms with Crippen molar-refractivity contribution in [1.82, 2.24) is 4.98 Å². The topological polar surface area (TPSA) is 59.1 Å². The van der Waals surface area contributed by atoms with Gasteiger partial charge in [0.15, 0.2) is 0 Å². The van der Waals surface area contributed by atoms with Crippen molar-refractivity contribution in [3.63, 3.8) is 0 Å². The van der Waals surface area contributed by atoms with Crippen LogP contribution in [0.4, 0.5) is 0 Å². The Morgan fingerprint density at radius 1 is 1.43 bits per heavy atom. The Balaban J connectivity index is 2.22. The summed E-state index contributed by atoms with van der Waals surface area (Å²) in [5, 5.41) is 9.27. The molecule has 1 saturated carbocycles. The molecule has 0 atom stereocenters. The molecule has 0 bridgehead atoms. The van der Waals surface area contributed by atoms with Crippen LogP contribution < -0.4 is 5.73 Å². The lowest BCUT2D eigenvalue weighted by atomic mass is 10.0. The molecule has 1 aliphatic carbocycles. The van der Waals surface area contributed by atoms with Gasteiger partial charge in [0.2, 0.25) is 0 Å². The molecule has 1 aliphatic rings. The Hall–Kier alpha value is -0.930. The van der Waals surface area contributed by atoms with Crippen molar-refractivity contribution in [2.45, 2.75) is 24.7 Å². The Morgan fingerprint density at radius 3 is 2.79 bits per heavy atom. The predicted octanol–water partition coefficient (Wildman–Crippen LogP) is 0.607. The van der Waals surface area contributed by atoms with E-state index in [0.29, 0.717) is 6.54 Å². The molecule has 1 aromatic rings. The number of aliphatic hydroxyl groups excluding tert-OH is 1. The lowest BCUT2D eigenvalue weighted by molar-refractivity contribution is 0.252. The molecule has 14 heavy (non-hydrogen) atoms. The third-order valence-corrected chi connectivity index (χ3v) is 2.91. The average molecular weight is 192 g/mol. The molecular formula is C11H16N2O. The number of aromatic nitrogens is 1.